The number of carbonyl (C=O) groups is 1. The Morgan fingerprint density at radius 3 is 2.10 bits per heavy atom. The highest BCUT2D eigenvalue weighted by Crippen LogP contribution is 2.82. The smallest absolute Gasteiger partial charge is 0.292 e. The van der Waals surface area contributed by atoms with Crippen LogP contribution in [0.1, 0.15) is 74.6 Å². The van der Waals surface area contributed by atoms with Crippen LogP contribution in [0.5, 0.6) is 0 Å². The van der Waals surface area contributed by atoms with Gasteiger partial charge in [0.25, 0.3) is 15.0 Å². The Labute approximate surface area is 362 Å². The van der Waals surface area contributed by atoms with Gasteiger partial charge < -0.3 is 18.4 Å². The van der Waals surface area contributed by atoms with E-state index < -0.39 is 19.9 Å². The van der Waals surface area contributed by atoms with E-state index in [-0.39, 0.29) is 43.9 Å². The number of anilines is 1. The molecule has 2 aliphatic heterocycles. The molecule has 2 saturated heterocycles. The van der Waals surface area contributed by atoms with Crippen molar-refractivity contribution in [2.75, 3.05) is 31.7 Å². The monoisotopic (exact) mass is 905 g/mol. The van der Waals surface area contributed by atoms with E-state index in [1.165, 1.54) is 16.2 Å². The second-order valence-corrected chi connectivity index (χ2v) is 23.7. The number of likely N-dealkylation sites (N-methyl/N-ethyl adjacent to an activating group) is 1. The molecule has 2 N–H and O–H groups in total. The van der Waals surface area contributed by atoms with Crippen LogP contribution < -0.4 is 15.1 Å². The number of carbonyl (C=O) groups excluding carboxylic acids is 1. The summed E-state index contributed by atoms with van der Waals surface area (Å²) in [5.41, 5.74) is 3.62. The number of nitrogens with one attached hydrogen (secondary N) is 2. The Kier molecular flexibility index (Phi) is 12.9. The molecular formula is C42H49N7O6P2S3. The van der Waals surface area contributed by atoms with Gasteiger partial charge in [0.15, 0.2) is 10.7 Å². The largest absolute Gasteiger partial charge is 0.441 e. The van der Waals surface area contributed by atoms with Gasteiger partial charge in [-0.3, -0.25) is 23.9 Å². The number of oxazole rings is 1. The second-order valence-electron chi connectivity index (χ2n) is 15.2. The fourth-order valence-electron chi connectivity index (χ4n) is 7.53. The molecule has 8 rings (SSSR count). The number of rotatable bonds is 17. The highest BCUT2D eigenvalue weighted by atomic mass is 32.1. The second kappa shape index (κ2) is 18.0. The molecule has 13 nitrogen and oxygen atoms in total. The van der Waals surface area contributed by atoms with Crippen LogP contribution in [-0.2, 0) is 42.3 Å². The fraction of sp³-hybridized carbons (Fsp3) is 0.405. The zero-order chi connectivity index (χ0) is 42.1. The minimum atomic E-state index is -3.98. The number of ketones is 1. The normalized spacial score (nSPS) is 22.6. The lowest BCUT2D eigenvalue weighted by molar-refractivity contribution is 0.0986. The summed E-state index contributed by atoms with van der Waals surface area (Å²) in [6.07, 6.45) is 9.68. The molecule has 0 bridgehead atoms. The van der Waals surface area contributed by atoms with E-state index in [0.717, 1.165) is 44.7 Å². The molecular weight excluding hydrogens is 857 g/mol. The van der Waals surface area contributed by atoms with Crippen LogP contribution in [0, 0.1) is 13.8 Å². The average molecular weight is 906 g/mol. The van der Waals surface area contributed by atoms with E-state index in [2.05, 4.69) is 50.1 Å². The predicted octanol–water partition coefficient (Wildman–Crippen LogP) is 10.1. The SMILES string of the molecule is CC[C@H]1COP(=O)(C(Cc2ccc(N(C)CCc3nc(-c4ccncc4)sc3C)s2)(c2ccc(C(=O)CCc3nc(-c4ccncc4)oc3C)s2)P2(=O)N[C@@H](CC)CO2)N1. The van der Waals surface area contributed by atoms with Crippen LogP contribution in [0.25, 0.3) is 22.0 Å². The third-order valence-electron chi connectivity index (χ3n) is 11.2. The number of hydrogen-bond acceptors (Lipinski definition) is 14. The number of aromatic nitrogens is 4. The minimum Gasteiger partial charge on any atom is -0.441 e. The summed E-state index contributed by atoms with van der Waals surface area (Å²) >= 11 is 4.46. The topological polar surface area (TPSA) is 162 Å². The van der Waals surface area contributed by atoms with Crippen molar-refractivity contribution in [3.8, 4) is 22.0 Å². The standard InChI is InChI=1S/C42H49N7O6P2S3/c1-6-31-25-53-56(51,47-31)42(57(52)48-32(7-2)26-54-57,38-12-11-37(60-38)36(50)10-9-34-27(3)55-40(45-34)29-14-19-43-20-15-29)24-33-8-13-39(59-33)49(5)23-18-35-28(4)58-41(46-35)30-16-21-44-22-17-30/h8,11-17,19-22,31-32H,6-7,9-10,18,23-26H2,1-5H3,(H,47,51)(H,48,52)/t31-,32-,42?,56?,57?/m0/s1. The van der Waals surface area contributed by atoms with Gasteiger partial charge in [-0.05, 0) is 75.2 Å². The average Bonchev–Trinajstić information content (AvgIpc) is 4.13. The lowest BCUT2D eigenvalue weighted by Crippen LogP contribution is -2.37. The maximum Gasteiger partial charge on any atom is 0.292 e. The van der Waals surface area contributed by atoms with Gasteiger partial charge in [0.2, 0.25) is 5.89 Å². The van der Waals surface area contributed by atoms with E-state index in [4.69, 9.17) is 18.4 Å². The summed E-state index contributed by atoms with van der Waals surface area (Å²) in [7, 11) is -5.90. The van der Waals surface area contributed by atoms with Crippen LogP contribution in [0.4, 0.5) is 5.00 Å². The Bertz CT molecular complexity index is 2510. The maximum atomic E-state index is 15.6. The van der Waals surface area contributed by atoms with Crippen LogP contribution in [-0.4, -0.2) is 64.6 Å². The molecule has 60 heavy (non-hydrogen) atoms. The summed E-state index contributed by atoms with van der Waals surface area (Å²) in [4.78, 5) is 35.4. The van der Waals surface area contributed by atoms with E-state index in [1.54, 1.807) is 59.6 Å². The van der Waals surface area contributed by atoms with Gasteiger partial charge in [-0.25, -0.2) is 20.1 Å². The quantitative estimate of drug-likeness (QED) is 0.0658. The maximum absolute atomic E-state index is 15.6. The summed E-state index contributed by atoms with van der Waals surface area (Å²) in [6, 6.07) is 14.8. The molecule has 0 spiro atoms. The van der Waals surface area contributed by atoms with E-state index in [1.807, 2.05) is 51.1 Å². The van der Waals surface area contributed by atoms with Crippen LogP contribution in [0.3, 0.4) is 0 Å². The number of nitrogens with zero attached hydrogens (tertiary/aromatic N) is 5. The van der Waals surface area contributed by atoms with Crippen LogP contribution in [0.2, 0.25) is 0 Å². The molecule has 2 fully saturated rings. The Hall–Kier alpha value is -3.69. The Balaban J connectivity index is 1.08. The van der Waals surface area contributed by atoms with Crippen molar-refractivity contribution < 1.29 is 27.4 Å². The zero-order valence-corrected chi connectivity index (χ0v) is 38.5. The van der Waals surface area contributed by atoms with Crippen molar-refractivity contribution in [1.29, 1.82) is 0 Å². The van der Waals surface area contributed by atoms with Crippen molar-refractivity contribution in [2.45, 2.75) is 83.2 Å². The van der Waals surface area contributed by atoms with Gasteiger partial charge in [-0.2, -0.15) is 0 Å². The first-order valence-corrected chi connectivity index (χ1v) is 25.9. The minimum absolute atomic E-state index is 0.105. The van der Waals surface area contributed by atoms with Gasteiger partial charge in [0.1, 0.15) is 10.8 Å². The van der Waals surface area contributed by atoms with Gasteiger partial charge in [0, 0.05) is 102 Å². The van der Waals surface area contributed by atoms with Gasteiger partial charge in [-0.1, -0.05) is 13.8 Å². The molecule has 2 aliphatic rings. The first-order valence-electron chi connectivity index (χ1n) is 20.2. The molecule has 4 atom stereocenters. The number of Topliss-reactive ketones (excluding diaryl/α,β-unsaturated/α-hetero) is 1. The highest BCUT2D eigenvalue weighted by molar-refractivity contribution is 7.77. The van der Waals surface area contributed by atoms with Crippen LogP contribution in [0.15, 0.2) is 77.7 Å². The Morgan fingerprint density at radius 2 is 1.47 bits per heavy atom. The summed E-state index contributed by atoms with van der Waals surface area (Å²) < 4.78 is 49.9. The molecule has 6 aromatic rings. The van der Waals surface area contributed by atoms with E-state index in [9.17, 15) is 4.79 Å². The van der Waals surface area contributed by atoms with E-state index >= 15 is 9.13 Å². The number of thiophene rings is 2. The Morgan fingerprint density at radius 1 is 0.817 bits per heavy atom. The van der Waals surface area contributed by atoms with Crippen molar-refractivity contribution >= 4 is 59.8 Å². The van der Waals surface area contributed by atoms with Crippen molar-refractivity contribution in [1.82, 2.24) is 30.1 Å². The third-order valence-corrected chi connectivity index (χ3v) is 21.8. The first kappa shape index (κ1) is 43.0. The lowest BCUT2D eigenvalue weighted by Gasteiger charge is -2.40. The molecule has 6 aromatic heterocycles. The number of thiazole rings is 1. The first-order chi connectivity index (χ1) is 28.9. The summed E-state index contributed by atoms with van der Waals surface area (Å²) in [6.45, 7) is 9.10. The number of hydrogen-bond donors (Lipinski definition) is 2. The predicted molar refractivity (Wildman–Crippen MR) is 240 cm³/mol. The molecule has 8 heterocycles. The number of pyridine rings is 2. The third kappa shape index (κ3) is 8.43. The van der Waals surface area contributed by atoms with Crippen molar-refractivity contribution in [3.05, 3.63) is 110 Å². The zero-order valence-electron chi connectivity index (χ0n) is 34.3. The molecule has 0 aromatic carbocycles. The molecule has 0 amide bonds. The van der Waals surface area contributed by atoms with E-state index in [0.29, 0.717) is 46.4 Å². The fourth-order valence-corrected chi connectivity index (χ4v) is 18.6. The highest BCUT2D eigenvalue weighted by Gasteiger charge is 2.68. The van der Waals surface area contributed by atoms with Gasteiger partial charge >= 0.3 is 0 Å². The van der Waals surface area contributed by atoms with Crippen molar-refractivity contribution in [3.63, 3.8) is 0 Å². The molecule has 0 radical (unpaired) electrons. The summed E-state index contributed by atoms with van der Waals surface area (Å²) in [5.74, 6) is 1.02. The van der Waals surface area contributed by atoms with Gasteiger partial charge in [-0.15, -0.1) is 34.0 Å². The summed E-state index contributed by atoms with van der Waals surface area (Å²) in [5, 5.41) is 8.65. The lowest BCUT2D eigenvalue weighted by atomic mass is 10.1. The molecule has 0 aliphatic carbocycles. The van der Waals surface area contributed by atoms with Crippen LogP contribution >= 0.6 is 49.0 Å². The molecule has 0 saturated carbocycles. The van der Waals surface area contributed by atoms with Crippen molar-refractivity contribution in [2.24, 2.45) is 0 Å². The molecule has 316 valence electrons. The molecule has 2 unspecified atom stereocenters. The number of aryl methyl sites for hydroxylation is 3. The molecule has 18 heteroatoms. The van der Waals surface area contributed by atoms with Gasteiger partial charge in [0.05, 0.1) is 34.5 Å².